The number of amides is 1. The van der Waals surface area contributed by atoms with Crippen molar-refractivity contribution in [3.63, 3.8) is 0 Å². The van der Waals surface area contributed by atoms with E-state index in [1.54, 1.807) is 36.4 Å². The highest BCUT2D eigenvalue weighted by molar-refractivity contribution is 9.10. The summed E-state index contributed by atoms with van der Waals surface area (Å²) in [6, 6.07) is 26.8. The monoisotopic (exact) mass is 492 g/mol. The minimum atomic E-state index is -0.316. The Morgan fingerprint density at radius 1 is 1.00 bits per heavy atom. The van der Waals surface area contributed by atoms with Crippen LogP contribution in [0.4, 0.5) is 0 Å². The maximum Gasteiger partial charge on any atom is 0.272 e. The van der Waals surface area contributed by atoms with Gasteiger partial charge >= 0.3 is 0 Å². The van der Waals surface area contributed by atoms with Gasteiger partial charge in [0.1, 0.15) is 12.4 Å². The molecular weight excluding hydrogens is 476 g/mol. The van der Waals surface area contributed by atoms with Gasteiger partial charge in [-0.3, -0.25) is 4.79 Å². The Morgan fingerprint density at radius 3 is 2.65 bits per heavy atom. The van der Waals surface area contributed by atoms with E-state index >= 15 is 0 Å². The van der Waals surface area contributed by atoms with Crippen LogP contribution in [0.3, 0.4) is 0 Å². The average Bonchev–Trinajstić information content (AvgIpc) is 2.79. The van der Waals surface area contributed by atoms with Crippen LogP contribution >= 0.6 is 27.5 Å². The molecule has 0 radical (unpaired) electrons. The molecule has 0 aliphatic heterocycles. The summed E-state index contributed by atoms with van der Waals surface area (Å²) in [4.78, 5) is 12.3. The first-order valence-electron chi connectivity index (χ1n) is 9.59. The standard InChI is InChI=1S/C25H18BrClN2O2/c26-23-11-4-3-10-22(23)25(30)29-28-15-19-14-20(27)12-13-24(19)31-16-18-8-5-7-17-6-1-2-9-21(17)18/h1-15H,16H2,(H,29,30)/b28-15-. The molecule has 31 heavy (non-hydrogen) atoms. The number of hydrazone groups is 1. The zero-order valence-electron chi connectivity index (χ0n) is 16.4. The van der Waals surface area contributed by atoms with Crippen molar-refractivity contribution in [1.82, 2.24) is 5.43 Å². The lowest BCUT2D eigenvalue weighted by Crippen LogP contribution is -2.18. The number of nitrogens with zero attached hydrogens (tertiary/aromatic N) is 1. The summed E-state index contributed by atoms with van der Waals surface area (Å²) in [7, 11) is 0. The highest BCUT2D eigenvalue weighted by atomic mass is 79.9. The van der Waals surface area contributed by atoms with E-state index < -0.39 is 0 Å². The number of fused-ring (bicyclic) bond motifs is 1. The molecule has 6 heteroatoms. The van der Waals surface area contributed by atoms with E-state index in [0.29, 0.717) is 33.0 Å². The van der Waals surface area contributed by atoms with Crippen LogP contribution in [0.25, 0.3) is 10.8 Å². The molecule has 4 aromatic carbocycles. The lowest BCUT2D eigenvalue weighted by molar-refractivity contribution is 0.0954. The van der Waals surface area contributed by atoms with Crippen molar-refractivity contribution in [2.75, 3.05) is 0 Å². The Hall–Kier alpha value is -3.15. The Morgan fingerprint density at radius 2 is 1.77 bits per heavy atom. The number of ether oxygens (including phenoxy) is 1. The Balaban J connectivity index is 1.50. The molecule has 1 amide bonds. The summed E-state index contributed by atoms with van der Waals surface area (Å²) in [6.07, 6.45) is 1.53. The molecule has 0 spiro atoms. The van der Waals surface area contributed by atoms with Gasteiger partial charge in [-0.2, -0.15) is 5.10 Å². The number of hydrogen-bond donors (Lipinski definition) is 1. The fourth-order valence-electron chi connectivity index (χ4n) is 3.19. The van der Waals surface area contributed by atoms with Crippen molar-refractivity contribution in [3.8, 4) is 5.75 Å². The first kappa shape index (κ1) is 21.1. The molecule has 0 bridgehead atoms. The van der Waals surface area contributed by atoms with Crippen molar-refractivity contribution in [2.45, 2.75) is 6.61 Å². The minimum Gasteiger partial charge on any atom is -0.488 e. The van der Waals surface area contributed by atoms with Crippen molar-refractivity contribution < 1.29 is 9.53 Å². The van der Waals surface area contributed by atoms with E-state index in [9.17, 15) is 4.79 Å². The van der Waals surface area contributed by atoms with Gasteiger partial charge in [0.25, 0.3) is 5.91 Å². The second-order valence-electron chi connectivity index (χ2n) is 6.79. The van der Waals surface area contributed by atoms with Crippen molar-refractivity contribution in [2.24, 2.45) is 5.10 Å². The largest absolute Gasteiger partial charge is 0.488 e. The van der Waals surface area contributed by atoms with E-state index in [2.05, 4.69) is 44.7 Å². The summed E-state index contributed by atoms with van der Waals surface area (Å²) >= 11 is 9.52. The summed E-state index contributed by atoms with van der Waals surface area (Å²) in [5.41, 5.74) is 4.78. The van der Waals surface area contributed by atoms with E-state index in [0.717, 1.165) is 16.3 Å². The molecule has 0 saturated heterocycles. The molecule has 0 fully saturated rings. The summed E-state index contributed by atoms with van der Waals surface area (Å²) in [5, 5.41) is 6.94. The minimum absolute atomic E-state index is 0.316. The van der Waals surface area contributed by atoms with Crippen LogP contribution in [0, 0.1) is 0 Å². The number of carbonyl (C=O) groups excluding carboxylic acids is 1. The second-order valence-corrected chi connectivity index (χ2v) is 8.08. The van der Waals surface area contributed by atoms with Crippen molar-refractivity contribution in [3.05, 3.63) is 111 Å². The molecule has 154 valence electrons. The number of carbonyl (C=O) groups is 1. The van der Waals surface area contributed by atoms with E-state index in [-0.39, 0.29) is 5.91 Å². The predicted octanol–water partition coefficient (Wildman–Crippen LogP) is 6.60. The third-order valence-corrected chi connectivity index (χ3v) is 5.65. The zero-order chi connectivity index (χ0) is 21.6. The van der Waals surface area contributed by atoms with Crippen LogP contribution in [0.15, 0.2) is 94.5 Å². The molecule has 0 unspecified atom stereocenters. The van der Waals surface area contributed by atoms with Crippen molar-refractivity contribution >= 4 is 50.4 Å². The molecule has 4 aromatic rings. The Labute approximate surface area is 193 Å². The van der Waals surface area contributed by atoms with Crippen LogP contribution in [-0.2, 0) is 6.61 Å². The fourth-order valence-corrected chi connectivity index (χ4v) is 3.84. The Kier molecular flexibility index (Phi) is 6.65. The van der Waals surface area contributed by atoms with Gasteiger partial charge in [0, 0.05) is 15.1 Å². The van der Waals surface area contributed by atoms with Crippen LogP contribution in [0.1, 0.15) is 21.5 Å². The number of nitrogens with one attached hydrogen (secondary N) is 1. The van der Waals surface area contributed by atoms with Gasteiger partial charge in [-0.15, -0.1) is 0 Å². The molecule has 4 rings (SSSR count). The summed E-state index contributed by atoms with van der Waals surface area (Å²) < 4.78 is 6.78. The van der Waals surface area contributed by atoms with Crippen LogP contribution < -0.4 is 10.2 Å². The second kappa shape index (κ2) is 9.77. The Bertz CT molecular complexity index is 1270. The number of halogens is 2. The first-order valence-corrected chi connectivity index (χ1v) is 10.8. The lowest BCUT2D eigenvalue weighted by Gasteiger charge is -2.11. The molecule has 0 atom stereocenters. The third kappa shape index (κ3) is 5.13. The molecule has 0 aliphatic rings. The SMILES string of the molecule is O=C(N/N=C\c1cc(Cl)ccc1OCc1cccc2ccccc12)c1ccccc1Br. The highest BCUT2D eigenvalue weighted by Crippen LogP contribution is 2.25. The van der Waals surface area contributed by atoms with Crippen molar-refractivity contribution in [1.29, 1.82) is 0 Å². The number of hydrogen-bond acceptors (Lipinski definition) is 3. The van der Waals surface area contributed by atoms with Gasteiger partial charge in [0.05, 0.1) is 11.8 Å². The van der Waals surface area contributed by atoms with Gasteiger partial charge < -0.3 is 4.74 Å². The predicted molar refractivity (Wildman–Crippen MR) is 129 cm³/mol. The van der Waals surface area contributed by atoms with Crippen LogP contribution in [-0.4, -0.2) is 12.1 Å². The molecule has 1 N–H and O–H groups in total. The molecule has 0 aliphatic carbocycles. The van der Waals surface area contributed by atoms with E-state index in [4.69, 9.17) is 16.3 Å². The topological polar surface area (TPSA) is 50.7 Å². The highest BCUT2D eigenvalue weighted by Gasteiger charge is 2.09. The van der Waals surface area contributed by atoms with Crippen LogP contribution in [0.2, 0.25) is 5.02 Å². The molecule has 4 nitrogen and oxygen atoms in total. The molecule has 0 aromatic heterocycles. The van der Waals surface area contributed by atoms with Gasteiger partial charge in [-0.25, -0.2) is 5.43 Å². The fraction of sp³-hybridized carbons (Fsp3) is 0.0400. The first-order chi connectivity index (χ1) is 15.1. The summed E-state index contributed by atoms with van der Waals surface area (Å²) in [6.45, 7) is 0.396. The lowest BCUT2D eigenvalue weighted by atomic mass is 10.1. The quantitative estimate of drug-likeness (QED) is 0.243. The van der Waals surface area contributed by atoms with Crippen LogP contribution in [0.5, 0.6) is 5.75 Å². The number of benzene rings is 4. The normalized spacial score (nSPS) is 11.0. The third-order valence-electron chi connectivity index (χ3n) is 4.72. The smallest absolute Gasteiger partial charge is 0.272 e. The molecule has 0 heterocycles. The maximum absolute atomic E-state index is 12.3. The van der Waals surface area contributed by atoms with Gasteiger partial charge in [0.2, 0.25) is 0 Å². The number of rotatable bonds is 6. The zero-order valence-corrected chi connectivity index (χ0v) is 18.7. The van der Waals surface area contributed by atoms with Gasteiger partial charge in [-0.1, -0.05) is 66.2 Å². The van der Waals surface area contributed by atoms with E-state index in [1.807, 2.05) is 30.3 Å². The van der Waals surface area contributed by atoms with Gasteiger partial charge in [-0.05, 0) is 62.6 Å². The van der Waals surface area contributed by atoms with E-state index in [1.165, 1.54) is 6.21 Å². The molecule has 0 saturated carbocycles. The van der Waals surface area contributed by atoms with Gasteiger partial charge in [0.15, 0.2) is 0 Å². The average molecular weight is 494 g/mol. The molecular formula is C25H18BrClN2O2. The maximum atomic E-state index is 12.3. The summed E-state index contributed by atoms with van der Waals surface area (Å²) in [5.74, 6) is 0.306.